The Labute approximate surface area is 105 Å². The summed E-state index contributed by atoms with van der Waals surface area (Å²) in [6.07, 6.45) is 5.00. The minimum absolute atomic E-state index is 0.0817. The number of pyridine rings is 1. The van der Waals surface area contributed by atoms with E-state index in [1.165, 1.54) is 6.20 Å². The zero-order valence-corrected chi connectivity index (χ0v) is 9.96. The van der Waals surface area contributed by atoms with Gasteiger partial charge in [0.1, 0.15) is 17.9 Å². The molecule has 1 heterocycles. The summed E-state index contributed by atoms with van der Waals surface area (Å²) < 4.78 is 5.54. The summed E-state index contributed by atoms with van der Waals surface area (Å²) in [6.45, 7) is 2.22. The second-order valence-electron chi connectivity index (χ2n) is 3.70. The summed E-state index contributed by atoms with van der Waals surface area (Å²) in [7, 11) is 0. The van der Waals surface area contributed by atoms with Gasteiger partial charge in [-0.15, -0.1) is 0 Å². The smallest absolute Gasteiger partial charge is 0.341 e. The lowest BCUT2D eigenvalue weighted by molar-refractivity contribution is 0.0692. The number of nitrogens with zero attached hydrogens (tertiary/aromatic N) is 1. The number of benzene rings is 1. The minimum atomic E-state index is -1.04. The predicted octanol–water partition coefficient (Wildman–Crippen LogP) is 2.89. The van der Waals surface area contributed by atoms with Gasteiger partial charge in [0.15, 0.2) is 0 Å². The van der Waals surface area contributed by atoms with Gasteiger partial charge >= 0.3 is 5.97 Å². The van der Waals surface area contributed by atoms with E-state index in [0.717, 1.165) is 5.52 Å². The minimum Gasteiger partial charge on any atom is -0.488 e. The second-order valence-corrected chi connectivity index (χ2v) is 3.70. The molecule has 2 aromatic rings. The maximum atomic E-state index is 11.2. The summed E-state index contributed by atoms with van der Waals surface area (Å²) >= 11 is 0. The summed E-state index contributed by atoms with van der Waals surface area (Å²) in [5, 5.41) is 9.85. The largest absolute Gasteiger partial charge is 0.488 e. The number of ether oxygens (including phenoxy) is 1. The fraction of sp³-hybridized carbons (Fsp3) is 0.143. The Morgan fingerprint density at radius 2 is 2.22 bits per heavy atom. The average Bonchev–Trinajstić information content (AvgIpc) is 2.38. The number of carboxylic acid groups (broad SMARTS) is 1. The number of para-hydroxylation sites is 1. The maximum Gasteiger partial charge on any atom is 0.341 e. The normalized spacial score (nSPS) is 10.9. The van der Waals surface area contributed by atoms with Gasteiger partial charge in [-0.05, 0) is 19.1 Å². The zero-order valence-electron chi connectivity index (χ0n) is 9.96. The van der Waals surface area contributed by atoms with Crippen molar-refractivity contribution >= 4 is 16.9 Å². The molecule has 0 aliphatic heterocycles. The van der Waals surface area contributed by atoms with Crippen molar-refractivity contribution in [2.75, 3.05) is 6.61 Å². The van der Waals surface area contributed by atoms with Gasteiger partial charge in [0.05, 0.1) is 5.52 Å². The highest BCUT2D eigenvalue weighted by Gasteiger charge is 2.15. The van der Waals surface area contributed by atoms with Gasteiger partial charge in [-0.25, -0.2) is 4.79 Å². The van der Waals surface area contributed by atoms with Crippen molar-refractivity contribution in [3.8, 4) is 5.75 Å². The van der Waals surface area contributed by atoms with Crippen LogP contribution < -0.4 is 4.74 Å². The van der Waals surface area contributed by atoms with Gasteiger partial charge in [0.2, 0.25) is 0 Å². The van der Waals surface area contributed by atoms with Crippen LogP contribution in [0.1, 0.15) is 17.3 Å². The molecule has 1 N–H and O–H groups in total. The molecule has 18 heavy (non-hydrogen) atoms. The third-order valence-electron chi connectivity index (χ3n) is 2.52. The second kappa shape index (κ2) is 5.31. The Morgan fingerprint density at radius 1 is 1.44 bits per heavy atom. The van der Waals surface area contributed by atoms with Crippen molar-refractivity contribution < 1.29 is 14.6 Å². The van der Waals surface area contributed by atoms with E-state index >= 15 is 0 Å². The van der Waals surface area contributed by atoms with E-state index in [0.29, 0.717) is 17.7 Å². The highest BCUT2D eigenvalue weighted by molar-refractivity contribution is 5.98. The number of carboxylic acids is 1. The molecule has 1 aromatic heterocycles. The number of aromatic nitrogens is 1. The highest BCUT2D eigenvalue weighted by Crippen LogP contribution is 2.28. The Balaban J connectivity index is 2.55. The first-order valence-electron chi connectivity index (χ1n) is 5.59. The van der Waals surface area contributed by atoms with Crippen LogP contribution in [0.5, 0.6) is 5.75 Å². The lowest BCUT2D eigenvalue weighted by atomic mass is 10.1. The third-order valence-corrected chi connectivity index (χ3v) is 2.52. The Bertz CT molecular complexity index is 605. The van der Waals surface area contributed by atoms with Gasteiger partial charge in [-0.2, -0.15) is 0 Å². The highest BCUT2D eigenvalue weighted by atomic mass is 16.5. The van der Waals surface area contributed by atoms with Gasteiger partial charge in [-0.3, -0.25) is 4.98 Å². The number of rotatable bonds is 4. The number of aromatic carboxylic acids is 1. The third kappa shape index (κ3) is 2.32. The monoisotopic (exact) mass is 243 g/mol. The standard InChI is InChI=1S/C14H13NO3/c1-2-3-8-18-13-10-6-4-5-7-12(10)15-9-11(13)14(16)17/h2-7,9H,8H2,1H3,(H,16,17)/b3-2+. The molecule has 0 saturated heterocycles. The summed E-state index contributed by atoms with van der Waals surface area (Å²) in [5.41, 5.74) is 0.802. The molecule has 0 aliphatic rings. The Hall–Kier alpha value is -2.36. The number of fused-ring (bicyclic) bond motifs is 1. The lowest BCUT2D eigenvalue weighted by Crippen LogP contribution is -2.05. The van der Waals surface area contributed by atoms with Crippen LogP contribution in [-0.4, -0.2) is 22.7 Å². The van der Waals surface area contributed by atoms with Crippen molar-refractivity contribution in [3.63, 3.8) is 0 Å². The molecule has 0 amide bonds. The van der Waals surface area contributed by atoms with Gasteiger partial charge in [-0.1, -0.05) is 24.3 Å². The van der Waals surface area contributed by atoms with E-state index < -0.39 is 5.97 Å². The van der Waals surface area contributed by atoms with Crippen LogP contribution in [0.2, 0.25) is 0 Å². The van der Waals surface area contributed by atoms with Crippen molar-refractivity contribution in [2.24, 2.45) is 0 Å². The number of hydrogen-bond donors (Lipinski definition) is 1. The van der Waals surface area contributed by atoms with Crippen LogP contribution in [0.25, 0.3) is 10.9 Å². The fourth-order valence-electron chi connectivity index (χ4n) is 1.65. The number of hydrogen-bond acceptors (Lipinski definition) is 3. The van der Waals surface area contributed by atoms with Crippen molar-refractivity contribution in [1.82, 2.24) is 4.98 Å². The molecule has 4 nitrogen and oxygen atoms in total. The van der Waals surface area contributed by atoms with Crippen LogP contribution in [-0.2, 0) is 0 Å². The van der Waals surface area contributed by atoms with Crippen LogP contribution in [0.4, 0.5) is 0 Å². The topological polar surface area (TPSA) is 59.4 Å². The van der Waals surface area contributed by atoms with Gasteiger partial charge in [0, 0.05) is 11.6 Å². The first-order valence-corrected chi connectivity index (χ1v) is 5.59. The molecule has 0 radical (unpaired) electrons. The maximum absolute atomic E-state index is 11.2. The van der Waals surface area contributed by atoms with Crippen LogP contribution in [0.3, 0.4) is 0 Å². The molecule has 0 aliphatic carbocycles. The van der Waals surface area contributed by atoms with E-state index in [9.17, 15) is 4.79 Å². The van der Waals surface area contributed by atoms with E-state index in [1.807, 2.05) is 37.3 Å². The average molecular weight is 243 g/mol. The lowest BCUT2D eigenvalue weighted by Gasteiger charge is -2.10. The summed E-state index contributed by atoms with van der Waals surface area (Å²) in [4.78, 5) is 15.3. The Kier molecular flexibility index (Phi) is 3.57. The van der Waals surface area contributed by atoms with E-state index in [2.05, 4.69) is 4.98 Å². The van der Waals surface area contributed by atoms with Crippen LogP contribution in [0, 0.1) is 0 Å². The SMILES string of the molecule is C/C=C/COc1c(C(=O)O)cnc2ccccc12. The first-order chi connectivity index (χ1) is 8.74. The molecule has 0 fully saturated rings. The van der Waals surface area contributed by atoms with Crippen LogP contribution >= 0.6 is 0 Å². The molecule has 0 unspecified atom stereocenters. The molecule has 0 spiro atoms. The predicted molar refractivity (Wildman–Crippen MR) is 69.0 cm³/mol. The van der Waals surface area contributed by atoms with E-state index in [4.69, 9.17) is 9.84 Å². The number of carbonyl (C=O) groups is 1. The Morgan fingerprint density at radius 3 is 2.94 bits per heavy atom. The van der Waals surface area contributed by atoms with Gasteiger partial charge in [0.25, 0.3) is 0 Å². The molecule has 4 heteroatoms. The van der Waals surface area contributed by atoms with Gasteiger partial charge < -0.3 is 9.84 Å². The molecule has 0 bridgehead atoms. The zero-order chi connectivity index (χ0) is 13.0. The van der Waals surface area contributed by atoms with E-state index in [1.54, 1.807) is 6.07 Å². The van der Waals surface area contributed by atoms with Crippen molar-refractivity contribution in [1.29, 1.82) is 0 Å². The quantitative estimate of drug-likeness (QED) is 0.839. The summed E-state index contributed by atoms with van der Waals surface area (Å²) in [5.74, 6) is -0.671. The molecular formula is C14H13NO3. The molecule has 92 valence electrons. The van der Waals surface area contributed by atoms with Crippen molar-refractivity contribution in [3.05, 3.63) is 48.2 Å². The molecule has 0 saturated carbocycles. The molecular weight excluding hydrogens is 230 g/mol. The molecule has 1 aromatic carbocycles. The van der Waals surface area contributed by atoms with Crippen molar-refractivity contribution in [2.45, 2.75) is 6.92 Å². The number of allylic oxidation sites excluding steroid dienone is 1. The fourth-order valence-corrected chi connectivity index (χ4v) is 1.65. The summed E-state index contributed by atoms with van der Waals surface area (Å²) in [6, 6.07) is 7.31. The first kappa shape index (κ1) is 12.1. The molecule has 2 rings (SSSR count). The van der Waals surface area contributed by atoms with E-state index in [-0.39, 0.29) is 5.56 Å². The molecule has 0 atom stereocenters. The van der Waals surface area contributed by atoms with Crippen LogP contribution in [0.15, 0.2) is 42.6 Å².